The van der Waals surface area contributed by atoms with Crippen LogP contribution in [0.2, 0.25) is 0 Å². The molecule has 0 aliphatic carbocycles. The van der Waals surface area contributed by atoms with E-state index in [9.17, 15) is 5.26 Å². The number of aromatic nitrogens is 1. The van der Waals surface area contributed by atoms with Crippen molar-refractivity contribution >= 4 is 16.6 Å². The molecule has 23 heavy (non-hydrogen) atoms. The third-order valence-electron chi connectivity index (χ3n) is 4.20. The van der Waals surface area contributed by atoms with Crippen LogP contribution in [0.1, 0.15) is 18.4 Å². The smallest absolute Gasteiger partial charge is 0.103 e. The molecule has 0 atom stereocenters. The molecule has 0 bridgehead atoms. The first-order chi connectivity index (χ1) is 11.4. The van der Waals surface area contributed by atoms with Crippen molar-refractivity contribution in [3.8, 4) is 6.07 Å². The van der Waals surface area contributed by atoms with Crippen LogP contribution in [0.4, 0.5) is 5.69 Å². The number of hydrogen-bond acceptors (Lipinski definition) is 5. The SMILES string of the molecule is N#Cc1cnc2ccccc2c1NCCCCN1CCOCC1. The molecule has 5 nitrogen and oxygen atoms in total. The molecule has 5 heteroatoms. The predicted molar refractivity (Wildman–Crippen MR) is 91.4 cm³/mol. The molecule has 2 heterocycles. The number of anilines is 1. The van der Waals surface area contributed by atoms with Gasteiger partial charge in [0.25, 0.3) is 0 Å². The van der Waals surface area contributed by atoms with Gasteiger partial charge in [0, 0.05) is 31.2 Å². The summed E-state index contributed by atoms with van der Waals surface area (Å²) < 4.78 is 5.36. The second kappa shape index (κ2) is 7.91. The second-order valence-corrected chi connectivity index (χ2v) is 5.76. The number of nitrogens with zero attached hydrogens (tertiary/aromatic N) is 3. The van der Waals surface area contributed by atoms with Crippen molar-refractivity contribution in [1.82, 2.24) is 9.88 Å². The molecular formula is C18H22N4O. The molecule has 2 aromatic rings. The number of nitriles is 1. The van der Waals surface area contributed by atoms with E-state index in [1.165, 1.54) is 0 Å². The summed E-state index contributed by atoms with van der Waals surface area (Å²) in [6, 6.07) is 10.2. The van der Waals surface area contributed by atoms with E-state index in [4.69, 9.17) is 4.74 Å². The number of nitrogens with one attached hydrogen (secondary N) is 1. The second-order valence-electron chi connectivity index (χ2n) is 5.76. The highest BCUT2D eigenvalue weighted by atomic mass is 16.5. The van der Waals surface area contributed by atoms with Gasteiger partial charge in [-0.05, 0) is 25.5 Å². The van der Waals surface area contributed by atoms with Crippen LogP contribution >= 0.6 is 0 Å². The molecule has 0 saturated carbocycles. The summed E-state index contributed by atoms with van der Waals surface area (Å²) in [6.45, 7) is 5.78. The van der Waals surface area contributed by atoms with Crippen LogP contribution in [-0.4, -0.2) is 49.3 Å². The first-order valence-corrected chi connectivity index (χ1v) is 8.20. The van der Waals surface area contributed by atoms with Crippen molar-refractivity contribution < 1.29 is 4.74 Å². The molecule has 1 N–H and O–H groups in total. The number of hydrogen-bond donors (Lipinski definition) is 1. The van der Waals surface area contributed by atoms with Gasteiger partial charge in [-0.1, -0.05) is 18.2 Å². The van der Waals surface area contributed by atoms with Gasteiger partial charge in [0.1, 0.15) is 6.07 Å². The Balaban J connectivity index is 1.55. The molecule has 1 aliphatic heterocycles. The van der Waals surface area contributed by atoms with E-state index >= 15 is 0 Å². The molecule has 1 saturated heterocycles. The zero-order valence-corrected chi connectivity index (χ0v) is 13.3. The van der Waals surface area contributed by atoms with E-state index in [0.717, 1.165) is 68.8 Å². The summed E-state index contributed by atoms with van der Waals surface area (Å²) in [5.74, 6) is 0. The first-order valence-electron chi connectivity index (χ1n) is 8.20. The zero-order chi connectivity index (χ0) is 15.9. The van der Waals surface area contributed by atoms with Crippen LogP contribution in [0.15, 0.2) is 30.5 Å². The average Bonchev–Trinajstić information content (AvgIpc) is 2.62. The van der Waals surface area contributed by atoms with Gasteiger partial charge >= 0.3 is 0 Å². The fourth-order valence-electron chi connectivity index (χ4n) is 2.92. The van der Waals surface area contributed by atoms with Crippen molar-refractivity contribution in [3.05, 3.63) is 36.0 Å². The number of benzene rings is 1. The quantitative estimate of drug-likeness (QED) is 0.831. The summed E-state index contributed by atoms with van der Waals surface area (Å²) in [5.41, 5.74) is 2.43. The van der Waals surface area contributed by atoms with E-state index in [1.807, 2.05) is 24.3 Å². The summed E-state index contributed by atoms with van der Waals surface area (Å²) in [4.78, 5) is 6.79. The standard InChI is InChI=1S/C18H22N4O/c19-13-15-14-21-17-6-2-1-5-16(17)18(15)20-7-3-4-8-22-9-11-23-12-10-22/h1-2,5-6,14H,3-4,7-12H2,(H,20,21). The zero-order valence-electron chi connectivity index (χ0n) is 13.3. The minimum absolute atomic E-state index is 0.608. The maximum absolute atomic E-state index is 9.30. The lowest BCUT2D eigenvalue weighted by atomic mass is 10.1. The third-order valence-corrected chi connectivity index (χ3v) is 4.20. The number of pyridine rings is 1. The highest BCUT2D eigenvalue weighted by Crippen LogP contribution is 2.25. The van der Waals surface area contributed by atoms with Crippen LogP contribution < -0.4 is 5.32 Å². The van der Waals surface area contributed by atoms with Gasteiger partial charge in [0.15, 0.2) is 0 Å². The molecule has 0 amide bonds. The van der Waals surface area contributed by atoms with E-state index < -0.39 is 0 Å². The van der Waals surface area contributed by atoms with Crippen molar-refractivity contribution in [2.75, 3.05) is 44.7 Å². The van der Waals surface area contributed by atoms with Crippen LogP contribution in [0, 0.1) is 11.3 Å². The number of ether oxygens (including phenoxy) is 1. The highest BCUT2D eigenvalue weighted by molar-refractivity contribution is 5.93. The van der Waals surface area contributed by atoms with Crippen molar-refractivity contribution in [2.45, 2.75) is 12.8 Å². The van der Waals surface area contributed by atoms with Gasteiger partial charge < -0.3 is 10.1 Å². The fraction of sp³-hybridized carbons (Fsp3) is 0.444. The van der Waals surface area contributed by atoms with Crippen LogP contribution in [0.5, 0.6) is 0 Å². The number of rotatable bonds is 6. The van der Waals surface area contributed by atoms with Gasteiger partial charge in [-0.15, -0.1) is 0 Å². The molecule has 1 aliphatic rings. The fourth-order valence-corrected chi connectivity index (χ4v) is 2.92. The Bertz CT molecular complexity index is 689. The molecule has 1 aromatic heterocycles. The maximum Gasteiger partial charge on any atom is 0.103 e. The predicted octanol–water partition coefficient (Wildman–Crippen LogP) is 2.63. The van der Waals surface area contributed by atoms with Gasteiger partial charge in [-0.2, -0.15) is 5.26 Å². The van der Waals surface area contributed by atoms with Gasteiger partial charge in [-0.25, -0.2) is 0 Å². The Morgan fingerprint density at radius 1 is 1.22 bits per heavy atom. The normalized spacial score (nSPS) is 15.4. The van der Waals surface area contributed by atoms with Crippen LogP contribution in [0.3, 0.4) is 0 Å². The lowest BCUT2D eigenvalue weighted by Gasteiger charge is -2.26. The highest BCUT2D eigenvalue weighted by Gasteiger charge is 2.10. The number of para-hydroxylation sites is 1. The van der Waals surface area contributed by atoms with Gasteiger partial charge in [0.2, 0.25) is 0 Å². The third kappa shape index (κ3) is 3.98. The largest absolute Gasteiger partial charge is 0.383 e. The topological polar surface area (TPSA) is 61.2 Å². The first kappa shape index (κ1) is 15.7. The number of fused-ring (bicyclic) bond motifs is 1. The molecule has 0 unspecified atom stereocenters. The number of unbranched alkanes of at least 4 members (excludes halogenated alkanes) is 1. The molecule has 0 spiro atoms. The summed E-state index contributed by atoms with van der Waals surface area (Å²) in [6.07, 6.45) is 3.88. The molecular weight excluding hydrogens is 288 g/mol. The maximum atomic E-state index is 9.30. The van der Waals surface area contributed by atoms with E-state index in [2.05, 4.69) is 21.3 Å². The van der Waals surface area contributed by atoms with E-state index in [0.29, 0.717) is 5.56 Å². The molecule has 1 aromatic carbocycles. The molecule has 3 rings (SSSR count). The Morgan fingerprint density at radius 2 is 2.04 bits per heavy atom. The monoisotopic (exact) mass is 310 g/mol. The Labute approximate surface area is 136 Å². The van der Waals surface area contributed by atoms with Crippen molar-refractivity contribution in [3.63, 3.8) is 0 Å². The minimum atomic E-state index is 0.608. The number of morpholine rings is 1. The van der Waals surface area contributed by atoms with Crippen LogP contribution in [0.25, 0.3) is 10.9 Å². The molecule has 0 radical (unpaired) electrons. The molecule has 1 fully saturated rings. The van der Waals surface area contributed by atoms with Gasteiger partial charge in [0.05, 0.1) is 30.0 Å². The van der Waals surface area contributed by atoms with Crippen LogP contribution in [-0.2, 0) is 4.74 Å². The Morgan fingerprint density at radius 3 is 2.87 bits per heavy atom. The van der Waals surface area contributed by atoms with E-state index in [1.54, 1.807) is 6.20 Å². The summed E-state index contributed by atoms with van der Waals surface area (Å²) in [7, 11) is 0. The minimum Gasteiger partial charge on any atom is -0.383 e. The summed E-state index contributed by atoms with van der Waals surface area (Å²) >= 11 is 0. The van der Waals surface area contributed by atoms with Crippen molar-refractivity contribution in [1.29, 1.82) is 5.26 Å². The Hall–Kier alpha value is -2.16. The van der Waals surface area contributed by atoms with Crippen molar-refractivity contribution in [2.24, 2.45) is 0 Å². The van der Waals surface area contributed by atoms with Gasteiger partial charge in [-0.3, -0.25) is 9.88 Å². The Kier molecular flexibility index (Phi) is 5.41. The molecule has 120 valence electrons. The summed E-state index contributed by atoms with van der Waals surface area (Å²) in [5, 5.41) is 13.8. The lowest BCUT2D eigenvalue weighted by Crippen LogP contribution is -2.36. The lowest BCUT2D eigenvalue weighted by molar-refractivity contribution is 0.0373. The van der Waals surface area contributed by atoms with E-state index in [-0.39, 0.29) is 0 Å². The average molecular weight is 310 g/mol.